The van der Waals surface area contributed by atoms with Crippen LogP contribution in [0.25, 0.3) is 0 Å². The molecule has 1 atom stereocenters. The van der Waals surface area contributed by atoms with E-state index in [2.05, 4.69) is 5.32 Å². The summed E-state index contributed by atoms with van der Waals surface area (Å²) < 4.78 is 9.91. The summed E-state index contributed by atoms with van der Waals surface area (Å²) in [6.45, 7) is -0.110. The van der Waals surface area contributed by atoms with Crippen molar-refractivity contribution in [2.45, 2.75) is 6.04 Å². The zero-order chi connectivity index (χ0) is 15.1. The quantitative estimate of drug-likeness (QED) is 0.810. The van der Waals surface area contributed by atoms with Crippen LogP contribution in [0.1, 0.15) is 0 Å². The number of carboxylic acid groups (broad SMARTS) is 1. The highest BCUT2D eigenvalue weighted by molar-refractivity contribution is 5.95. The van der Waals surface area contributed by atoms with Gasteiger partial charge in [-0.2, -0.15) is 0 Å². The summed E-state index contributed by atoms with van der Waals surface area (Å²) in [5.41, 5.74) is 0.536. The minimum Gasteiger partial charge on any atom is -0.495 e. The second-order valence-electron chi connectivity index (χ2n) is 4.03. The van der Waals surface area contributed by atoms with Gasteiger partial charge in [-0.25, -0.2) is 9.59 Å². The third-order valence-corrected chi connectivity index (χ3v) is 2.68. The first kappa shape index (κ1) is 15.8. The van der Waals surface area contributed by atoms with Crippen molar-refractivity contribution in [1.29, 1.82) is 0 Å². The van der Waals surface area contributed by atoms with E-state index in [9.17, 15) is 9.59 Å². The fourth-order valence-corrected chi connectivity index (χ4v) is 1.60. The molecule has 0 aliphatic carbocycles. The van der Waals surface area contributed by atoms with Crippen LogP contribution in [-0.4, -0.2) is 51.0 Å². The van der Waals surface area contributed by atoms with Crippen LogP contribution < -0.4 is 15.0 Å². The number of hydrogen-bond donors (Lipinski definition) is 2. The molecule has 0 saturated heterocycles. The van der Waals surface area contributed by atoms with Gasteiger partial charge >= 0.3 is 12.0 Å². The Morgan fingerprint density at radius 2 is 2.00 bits per heavy atom. The number of carbonyl (C=O) groups is 2. The van der Waals surface area contributed by atoms with Crippen LogP contribution >= 0.6 is 0 Å². The number of para-hydroxylation sites is 2. The molecule has 0 fully saturated rings. The van der Waals surface area contributed by atoms with Crippen molar-refractivity contribution in [3.8, 4) is 5.75 Å². The maximum Gasteiger partial charge on any atom is 0.328 e. The van der Waals surface area contributed by atoms with Crippen LogP contribution in [-0.2, 0) is 9.53 Å². The Kier molecular flexibility index (Phi) is 5.79. The van der Waals surface area contributed by atoms with Gasteiger partial charge in [0.2, 0.25) is 0 Å². The molecule has 2 N–H and O–H groups in total. The number of anilines is 1. The number of methoxy groups -OCH3 is 2. The van der Waals surface area contributed by atoms with Gasteiger partial charge in [-0.1, -0.05) is 12.1 Å². The highest BCUT2D eigenvalue weighted by Crippen LogP contribution is 2.26. The number of amides is 2. The molecule has 0 aliphatic rings. The predicted molar refractivity (Wildman–Crippen MR) is 73.2 cm³/mol. The van der Waals surface area contributed by atoms with Crippen LogP contribution in [0.5, 0.6) is 5.75 Å². The third-order valence-electron chi connectivity index (χ3n) is 2.68. The molecule has 7 nitrogen and oxygen atoms in total. The Balaban J connectivity index is 2.83. The van der Waals surface area contributed by atoms with E-state index in [0.29, 0.717) is 11.4 Å². The molecule has 0 spiro atoms. The molecule has 0 aliphatic heterocycles. The molecule has 0 radical (unpaired) electrons. The van der Waals surface area contributed by atoms with E-state index >= 15 is 0 Å². The number of urea groups is 1. The second kappa shape index (κ2) is 7.34. The summed E-state index contributed by atoms with van der Waals surface area (Å²) in [4.78, 5) is 24.3. The molecular weight excluding hydrogens is 264 g/mol. The normalized spacial score (nSPS) is 11.6. The average molecular weight is 282 g/mol. The number of carbonyl (C=O) groups excluding carboxylic acids is 1. The summed E-state index contributed by atoms with van der Waals surface area (Å²) >= 11 is 0. The van der Waals surface area contributed by atoms with E-state index in [0.717, 1.165) is 0 Å². The van der Waals surface area contributed by atoms with Gasteiger partial charge in [-0.3, -0.25) is 4.90 Å². The van der Waals surface area contributed by atoms with Crippen molar-refractivity contribution in [3.05, 3.63) is 24.3 Å². The van der Waals surface area contributed by atoms with Crippen molar-refractivity contribution in [3.63, 3.8) is 0 Å². The zero-order valence-corrected chi connectivity index (χ0v) is 11.6. The number of carboxylic acids is 1. The van der Waals surface area contributed by atoms with E-state index in [-0.39, 0.29) is 6.61 Å². The Hall–Kier alpha value is -2.28. The average Bonchev–Trinajstić information content (AvgIpc) is 2.45. The van der Waals surface area contributed by atoms with Gasteiger partial charge in [-0.05, 0) is 12.1 Å². The first-order valence-corrected chi connectivity index (χ1v) is 5.90. The number of rotatable bonds is 6. The lowest BCUT2D eigenvalue weighted by atomic mass is 10.2. The molecule has 0 aromatic heterocycles. The van der Waals surface area contributed by atoms with Gasteiger partial charge in [0.05, 0.1) is 19.4 Å². The Bertz CT molecular complexity index is 478. The topological polar surface area (TPSA) is 88.1 Å². The van der Waals surface area contributed by atoms with Crippen LogP contribution in [0.3, 0.4) is 0 Å². The van der Waals surface area contributed by atoms with Crippen molar-refractivity contribution in [2.75, 3.05) is 32.8 Å². The summed E-state index contributed by atoms with van der Waals surface area (Å²) in [5, 5.41) is 11.3. The largest absolute Gasteiger partial charge is 0.495 e. The molecule has 20 heavy (non-hydrogen) atoms. The number of nitrogens with one attached hydrogen (secondary N) is 1. The second-order valence-corrected chi connectivity index (χ2v) is 4.03. The number of benzene rings is 1. The molecule has 2 amide bonds. The van der Waals surface area contributed by atoms with Gasteiger partial charge in [0.25, 0.3) is 0 Å². The number of nitrogens with zero attached hydrogens (tertiary/aromatic N) is 1. The maximum atomic E-state index is 12.0. The van der Waals surface area contributed by atoms with Crippen molar-refractivity contribution in [1.82, 2.24) is 5.32 Å². The summed E-state index contributed by atoms with van der Waals surface area (Å²) in [6.07, 6.45) is 0. The lowest BCUT2D eigenvalue weighted by Crippen LogP contribution is -2.49. The number of ether oxygens (including phenoxy) is 2. The van der Waals surface area contributed by atoms with Crippen LogP contribution in [0, 0.1) is 0 Å². The monoisotopic (exact) mass is 282 g/mol. The minimum atomic E-state index is -1.16. The lowest BCUT2D eigenvalue weighted by Gasteiger charge is -2.22. The number of hydrogen-bond acceptors (Lipinski definition) is 4. The van der Waals surface area contributed by atoms with Gasteiger partial charge in [0, 0.05) is 14.2 Å². The third kappa shape index (κ3) is 3.86. The van der Waals surface area contributed by atoms with Crippen LogP contribution in [0.15, 0.2) is 24.3 Å². The molecule has 1 unspecified atom stereocenters. The highest BCUT2D eigenvalue weighted by Gasteiger charge is 2.23. The molecule has 0 bridgehead atoms. The first-order chi connectivity index (χ1) is 9.51. The Morgan fingerprint density at radius 1 is 1.35 bits per heavy atom. The molecule has 1 aromatic carbocycles. The maximum absolute atomic E-state index is 12.0. The van der Waals surface area contributed by atoms with Crippen molar-refractivity contribution < 1.29 is 24.2 Å². The number of aliphatic carboxylic acids is 1. The molecule has 1 rings (SSSR count). The van der Waals surface area contributed by atoms with E-state index in [1.54, 1.807) is 24.3 Å². The van der Waals surface area contributed by atoms with E-state index in [1.807, 2.05) is 0 Å². The molecule has 1 aromatic rings. The van der Waals surface area contributed by atoms with Crippen molar-refractivity contribution >= 4 is 17.7 Å². The molecule has 0 heterocycles. The fraction of sp³-hybridized carbons (Fsp3) is 0.385. The minimum absolute atomic E-state index is 0.110. The Morgan fingerprint density at radius 3 is 2.55 bits per heavy atom. The van der Waals surface area contributed by atoms with Gasteiger partial charge in [-0.15, -0.1) is 0 Å². The van der Waals surface area contributed by atoms with E-state index in [1.165, 1.54) is 26.2 Å². The van der Waals surface area contributed by atoms with E-state index in [4.69, 9.17) is 14.6 Å². The van der Waals surface area contributed by atoms with E-state index < -0.39 is 18.0 Å². The highest BCUT2D eigenvalue weighted by atomic mass is 16.5. The van der Waals surface area contributed by atoms with Gasteiger partial charge in [0.1, 0.15) is 5.75 Å². The summed E-state index contributed by atoms with van der Waals surface area (Å²) in [7, 11) is 4.39. The standard InChI is InChI=1S/C13H18N2O5/c1-15(10-6-4-5-7-11(10)20-3)13(18)14-9(8-19-2)12(16)17/h4-7,9H,8H2,1-3H3,(H,14,18)(H,16,17). The molecule has 110 valence electrons. The van der Waals surface area contributed by atoms with Gasteiger partial charge < -0.3 is 19.9 Å². The first-order valence-electron chi connectivity index (χ1n) is 5.90. The van der Waals surface area contributed by atoms with Crippen LogP contribution in [0.4, 0.5) is 10.5 Å². The fourth-order valence-electron chi connectivity index (χ4n) is 1.60. The van der Waals surface area contributed by atoms with Crippen LogP contribution in [0.2, 0.25) is 0 Å². The zero-order valence-electron chi connectivity index (χ0n) is 11.6. The summed E-state index contributed by atoms with van der Waals surface area (Å²) in [6, 6.07) is 5.28. The lowest BCUT2D eigenvalue weighted by molar-refractivity contribution is -0.140. The molecule has 0 saturated carbocycles. The SMILES string of the molecule is COCC(NC(=O)N(C)c1ccccc1OC)C(=O)O. The Labute approximate surface area is 117 Å². The van der Waals surface area contributed by atoms with Gasteiger partial charge in [0.15, 0.2) is 6.04 Å². The summed E-state index contributed by atoms with van der Waals surface area (Å²) in [5.74, 6) is -0.641. The van der Waals surface area contributed by atoms with Crippen molar-refractivity contribution in [2.24, 2.45) is 0 Å². The molecular formula is C13H18N2O5. The predicted octanol–water partition coefficient (Wildman–Crippen LogP) is 0.941. The smallest absolute Gasteiger partial charge is 0.328 e. The molecule has 7 heteroatoms.